The quantitative estimate of drug-likeness (QED) is 0.574. The molecule has 3 heteroatoms. The largest absolute Gasteiger partial charge is 0.297 e. The highest BCUT2D eigenvalue weighted by atomic mass is 16.3. The first-order valence-corrected chi connectivity index (χ1v) is 3.97. The van der Waals surface area contributed by atoms with Crippen molar-refractivity contribution in [3.8, 4) is 0 Å². The van der Waals surface area contributed by atoms with Gasteiger partial charge in [0.05, 0.1) is 0 Å². The van der Waals surface area contributed by atoms with E-state index in [0.717, 1.165) is 6.42 Å². The van der Waals surface area contributed by atoms with Crippen LogP contribution < -0.4 is 0 Å². The Hall–Kier alpha value is -0.730. The molecule has 0 fully saturated rings. The number of carbonyl (C=O) groups is 1. The topological polar surface area (TPSA) is 46.5 Å². The third-order valence-corrected chi connectivity index (χ3v) is 1.87. The van der Waals surface area contributed by atoms with Crippen LogP contribution >= 0.6 is 0 Å². The molecule has 0 saturated heterocycles. The number of Topliss-reactive ketones (excluding diaryl/α,β-unsaturated/α-hetero) is 1. The summed E-state index contributed by atoms with van der Waals surface area (Å²) in [6.07, 6.45) is 1.45. The third-order valence-electron chi connectivity index (χ3n) is 1.87. The fraction of sp³-hybridized carbons (Fsp3) is 0.875. The zero-order valence-corrected chi connectivity index (χ0v) is 7.33. The highest BCUT2D eigenvalue weighted by molar-refractivity contribution is 5.83. The van der Waals surface area contributed by atoms with Crippen LogP contribution in [-0.4, -0.2) is 11.8 Å². The van der Waals surface area contributed by atoms with Crippen LogP contribution in [0.4, 0.5) is 0 Å². The molecular weight excluding hydrogens is 142 g/mol. The number of hydrogen-bond acceptors (Lipinski definition) is 3. The second-order valence-electron chi connectivity index (χ2n) is 2.97. The van der Waals surface area contributed by atoms with Gasteiger partial charge in [-0.05, 0) is 12.8 Å². The van der Waals surface area contributed by atoms with Gasteiger partial charge in [0.15, 0.2) is 5.78 Å². The van der Waals surface area contributed by atoms with Crippen LogP contribution in [0, 0.1) is 10.8 Å². The minimum absolute atomic E-state index is 0.0469. The average molecular weight is 157 g/mol. The number of rotatable bonds is 5. The zero-order valence-electron chi connectivity index (χ0n) is 7.33. The lowest BCUT2D eigenvalue weighted by atomic mass is 9.99. The third kappa shape index (κ3) is 3.86. The van der Waals surface area contributed by atoms with Gasteiger partial charge in [0.2, 0.25) is 0 Å². The summed E-state index contributed by atoms with van der Waals surface area (Å²) in [7, 11) is 0. The smallest absolute Gasteiger partial charge is 0.160 e. The highest BCUT2D eigenvalue weighted by Crippen LogP contribution is 2.09. The van der Waals surface area contributed by atoms with Gasteiger partial charge in [0.1, 0.15) is 6.04 Å². The fourth-order valence-electron chi connectivity index (χ4n) is 0.717. The van der Waals surface area contributed by atoms with E-state index in [1.54, 1.807) is 0 Å². The van der Waals surface area contributed by atoms with E-state index in [-0.39, 0.29) is 5.78 Å². The second kappa shape index (κ2) is 4.99. The van der Waals surface area contributed by atoms with Gasteiger partial charge in [0.25, 0.3) is 0 Å². The summed E-state index contributed by atoms with van der Waals surface area (Å²) in [6, 6.07) is -0.663. The van der Waals surface area contributed by atoms with Crippen molar-refractivity contribution in [3.05, 3.63) is 4.91 Å². The van der Waals surface area contributed by atoms with Crippen molar-refractivity contribution >= 4 is 5.78 Å². The molecule has 0 spiro atoms. The van der Waals surface area contributed by atoms with Gasteiger partial charge in [0, 0.05) is 6.42 Å². The molecule has 0 saturated carbocycles. The normalized spacial score (nSPS) is 15.5. The maximum atomic E-state index is 11.0. The molecule has 0 aromatic rings. The number of nitrogens with zero attached hydrogens (tertiary/aromatic N) is 1. The SMILES string of the molecule is CCC(C)CC(=O)C(C)N=O. The van der Waals surface area contributed by atoms with Crippen molar-refractivity contribution in [1.82, 2.24) is 0 Å². The second-order valence-corrected chi connectivity index (χ2v) is 2.97. The monoisotopic (exact) mass is 157 g/mol. The summed E-state index contributed by atoms with van der Waals surface area (Å²) < 4.78 is 0. The first-order valence-electron chi connectivity index (χ1n) is 3.97. The summed E-state index contributed by atoms with van der Waals surface area (Å²) in [4.78, 5) is 21.0. The van der Waals surface area contributed by atoms with Crippen molar-refractivity contribution in [2.45, 2.75) is 39.7 Å². The molecule has 0 bridgehead atoms. The number of carbonyl (C=O) groups excluding carboxylic acids is 1. The predicted molar refractivity (Wildman–Crippen MR) is 44.3 cm³/mol. The number of hydrogen-bond donors (Lipinski definition) is 0. The molecule has 2 atom stereocenters. The van der Waals surface area contributed by atoms with E-state index in [0.29, 0.717) is 12.3 Å². The first-order chi connectivity index (χ1) is 5.11. The molecule has 0 aromatic heterocycles. The molecule has 0 amide bonds. The molecular formula is C8H15NO2. The van der Waals surface area contributed by atoms with E-state index < -0.39 is 6.04 Å². The van der Waals surface area contributed by atoms with Crippen molar-refractivity contribution < 1.29 is 4.79 Å². The van der Waals surface area contributed by atoms with Crippen LogP contribution in [-0.2, 0) is 4.79 Å². The van der Waals surface area contributed by atoms with Crippen LogP contribution in [0.3, 0.4) is 0 Å². The van der Waals surface area contributed by atoms with Gasteiger partial charge in [-0.1, -0.05) is 25.4 Å². The Morgan fingerprint density at radius 2 is 2.00 bits per heavy atom. The number of ketones is 1. The van der Waals surface area contributed by atoms with Gasteiger partial charge in [-0.25, -0.2) is 0 Å². The summed E-state index contributed by atoms with van der Waals surface area (Å²) >= 11 is 0. The van der Waals surface area contributed by atoms with Gasteiger partial charge in [-0.15, -0.1) is 0 Å². The van der Waals surface area contributed by atoms with Crippen molar-refractivity contribution in [1.29, 1.82) is 0 Å². The van der Waals surface area contributed by atoms with E-state index in [9.17, 15) is 9.70 Å². The molecule has 0 aliphatic rings. The van der Waals surface area contributed by atoms with Crippen molar-refractivity contribution in [3.63, 3.8) is 0 Å². The van der Waals surface area contributed by atoms with Crippen molar-refractivity contribution in [2.24, 2.45) is 11.1 Å². The molecule has 0 aliphatic carbocycles. The van der Waals surface area contributed by atoms with Crippen LogP contribution in [0.5, 0.6) is 0 Å². The molecule has 0 aromatic carbocycles. The van der Waals surface area contributed by atoms with Gasteiger partial charge in [-0.2, -0.15) is 4.91 Å². The molecule has 0 aliphatic heterocycles. The Labute approximate surface area is 67.2 Å². The Kier molecular flexibility index (Phi) is 4.66. The molecule has 11 heavy (non-hydrogen) atoms. The van der Waals surface area contributed by atoms with E-state index >= 15 is 0 Å². The maximum Gasteiger partial charge on any atom is 0.160 e. The zero-order chi connectivity index (χ0) is 8.85. The first kappa shape index (κ1) is 10.3. The standard InChI is InChI=1S/C8H15NO2/c1-4-6(2)5-8(10)7(3)9-11/h6-7H,4-5H2,1-3H3. The Morgan fingerprint density at radius 3 is 2.36 bits per heavy atom. The Balaban J connectivity index is 3.77. The van der Waals surface area contributed by atoms with E-state index in [2.05, 4.69) is 5.18 Å². The molecule has 2 unspecified atom stereocenters. The average Bonchev–Trinajstić information content (AvgIpc) is 2.02. The summed E-state index contributed by atoms with van der Waals surface area (Å²) in [5.41, 5.74) is 0. The lowest BCUT2D eigenvalue weighted by Gasteiger charge is -2.07. The Bertz CT molecular complexity index is 145. The molecule has 0 rings (SSSR count). The molecule has 0 heterocycles. The molecule has 3 nitrogen and oxygen atoms in total. The predicted octanol–water partition coefficient (Wildman–Crippen LogP) is 2.15. The summed E-state index contributed by atoms with van der Waals surface area (Å²) in [6.45, 7) is 5.56. The van der Waals surface area contributed by atoms with Gasteiger partial charge >= 0.3 is 0 Å². The van der Waals surface area contributed by atoms with Crippen LogP contribution in [0.25, 0.3) is 0 Å². The highest BCUT2D eigenvalue weighted by Gasteiger charge is 2.14. The van der Waals surface area contributed by atoms with E-state index in [1.165, 1.54) is 6.92 Å². The summed E-state index contributed by atoms with van der Waals surface area (Å²) in [5, 5.41) is 2.68. The molecule has 0 radical (unpaired) electrons. The lowest BCUT2D eigenvalue weighted by molar-refractivity contribution is -0.120. The van der Waals surface area contributed by atoms with E-state index in [1.807, 2.05) is 13.8 Å². The van der Waals surface area contributed by atoms with Crippen molar-refractivity contribution in [2.75, 3.05) is 0 Å². The molecule has 0 N–H and O–H groups in total. The maximum absolute atomic E-state index is 11.0. The van der Waals surface area contributed by atoms with Gasteiger partial charge < -0.3 is 0 Å². The lowest BCUT2D eigenvalue weighted by Crippen LogP contribution is -2.16. The number of nitroso groups, excluding NO2 is 1. The van der Waals surface area contributed by atoms with Gasteiger partial charge in [-0.3, -0.25) is 4.79 Å². The minimum Gasteiger partial charge on any atom is -0.297 e. The summed E-state index contributed by atoms with van der Waals surface area (Å²) in [5.74, 6) is 0.320. The van der Waals surface area contributed by atoms with E-state index in [4.69, 9.17) is 0 Å². The molecule has 64 valence electrons. The van der Waals surface area contributed by atoms with Crippen LogP contribution in [0.2, 0.25) is 0 Å². The van der Waals surface area contributed by atoms with Crippen LogP contribution in [0.15, 0.2) is 5.18 Å². The Morgan fingerprint density at radius 1 is 1.45 bits per heavy atom. The fourth-order valence-corrected chi connectivity index (χ4v) is 0.717. The minimum atomic E-state index is -0.663. The van der Waals surface area contributed by atoms with Crippen LogP contribution in [0.1, 0.15) is 33.6 Å².